The van der Waals surface area contributed by atoms with Gasteiger partial charge in [0.1, 0.15) is 5.82 Å². The summed E-state index contributed by atoms with van der Waals surface area (Å²) in [4.78, 5) is 25.6. The van der Waals surface area contributed by atoms with Crippen molar-refractivity contribution in [1.29, 1.82) is 0 Å². The Hall–Kier alpha value is -3.26. The van der Waals surface area contributed by atoms with E-state index in [1.54, 1.807) is 6.20 Å². The molecule has 0 saturated heterocycles. The summed E-state index contributed by atoms with van der Waals surface area (Å²) in [6.07, 6.45) is 5.40. The zero-order chi connectivity index (χ0) is 21.1. The predicted octanol–water partition coefficient (Wildman–Crippen LogP) is 3.15. The molecule has 0 aliphatic heterocycles. The van der Waals surface area contributed by atoms with Crippen LogP contribution >= 0.6 is 0 Å². The number of aromatic nitrogens is 3. The number of nitrogens with one attached hydrogen (secondary N) is 2. The number of benzene rings is 1. The smallest absolute Gasteiger partial charge is 0.271 e. The van der Waals surface area contributed by atoms with Crippen molar-refractivity contribution in [2.24, 2.45) is 5.73 Å². The molecule has 0 radical (unpaired) electrons. The number of nitrogens with two attached hydrogens (primary N) is 1. The SMILES string of the molecule is CCc1nc(C(N)=O)c(Nc2ccc3ncccc3c2)nc1N[C@H]1CC[C@H](O)CC1. The summed E-state index contributed by atoms with van der Waals surface area (Å²) in [6.45, 7) is 1.97. The van der Waals surface area contributed by atoms with E-state index >= 15 is 0 Å². The number of primary amides is 1. The molecule has 1 aliphatic carbocycles. The molecule has 1 fully saturated rings. The average molecular weight is 406 g/mol. The number of aliphatic hydroxyl groups is 1. The standard InChI is InChI=1S/C22H26N6O2/c1-2-17-21(25-14-5-8-16(29)9-6-14)28-22(19(27-17)20(23)30)26-15-7-10-18-13(12-15)4-3-11-24-18/h3-4,7,10-12,14,16,29H,2,5-6,8-9H2,1H3,(H2,23,30)(H2,25,26,28)/t14-,16-. The van der Waals surface area contributed by atoms with Crippen molar-refractivity contribution >= 4 is 34.1 Å². The van der Waals surface area contributed by atoms with Crippen molar-refractivity contribution in [2.75, 3.05) is 10.6 Å². The van der Waals surface area contributed by atoms with E-state index in [2.05, 4.69) is 25.6 Å². The van der Waals surface area contributed by atoms with Gasteiger partial charge in [-0.05, 0) is 56.4 Å². The Morgan fingerprint density at radius 1 is 1.17 bits per heavy atom. The Morgan fingerprint density at radius 3 is 2.70 bits per heavy atom. The van der Waals surface area contributed by atoms with Gasteiger partial charge < -0.3 is 21.5 Å². The predicted molar refractivity (Wildman–Crippen MR) is 117 cm³/mol. The van der Waals surface area contributed by atoms with Crippen molar-refractivity contribution in [2.45, 2.75) is 51.2 Å². The molecule has 1 amide bonds. The number of carbonyl (C=O) groups excluding carboxylic acids is 1. The highest BCUT2D eigenvalue weighted by Crippen LogP contribution is 2.27. The number of nitrogens with zero attached hydrogens (tertiary/aromatic N) is 3. The molecule has 156 valence electrons. The van der Waals surface area contributed by atoms with E-state index in [0.717, 1.165) is 42.3 Å². The van der Waals surface area contributed by atoms with Crippen LogP contribution < -0.4 is 16.4 Å². The fourth-order valence-electron chi connectivity index (χ4n) is 3.79. The van der Waals surface area contributed by atoms with Crippen LogP contribution in [-0.4, -0.2) is 38.1 Å². The maximum atomic E-state index is 12.1. The van der Waals surface area contributed by atoms with Gasteiger partial charge in [-0.15, -0.1) is 0 Å². The number of aryl methyl sites for hydroxylation is 1. The number of hydrogen-bond donors (Lipinski definition) is 4. The molecule has 5 N–H and O–H groups in total. The summed E-state index contributed by atoms with van der Waals surface area (Å²) >= 11 is 0. The van der Waals surface area contributed by atoms with Crippen molar-refractivity contribution in [3.8, 4) is 0 Å². The molecule has 0 spiro atoms. The minimum atomic E-state index is -0.630. The summed E-state index contributed by atoms with van der Waals surface area (Å²) < 4.78 is 0. The van der Waals surface area contributed by atoms with Crippen molar-refractivity contribution in [3.63, 3.8) is 0 Å². The van der Waals surface area contributed by atoms with Crippen molar-refractivity contribution < 1.29 is 9.90 Å². The lowest BCUT2D eigenvalue weighted by molar-refractivity contribution is 0.0996. The third-order valence-corrected chi connectivity index (χ3v) is 5.44. The molecule has 2 aromatic heterocycles. The first-order valence-corrected chi connectivity index (χ1v) is 10.3. The average Bonchev–Trinajstić information content (AvgIpc) is 2.75. The normalized spacial score (nSPS) is 18.9. The molecule has 8 nitrogen and oxygen atoms in total. The first kappa shape index (κ1) is 20.0. The van der Waals surface area contributed by atoms with Gasteiger partial charge in [0.25, 0.3) is 5.91 Å². The van der Waals surface area contributed by atoms with Gasteiger partial charge in [-0.1, -0.05) is 13.0 Å². The van der Waals surface area contributed by atoms with Crippen LogP contribution in [0.2, 0.25) is 0 Å². The van der Waals surface area contributed by atoms with Gasteiger partial charge in [0.2, 0.25) is 0 Å². The number of carbonyl (C=O) groups is 1. The summed E-state index contributed by atoms with van der Waals surface area (Å²) in [5.74, 6) is 0.338. The Bertz CT molecular complexity index is 1060. The van der Waals surface area contributed by atoms with E-state index in [-0.39, 0.29) is 17.8 Å². The molecule has 1 saturated carbocycles. The van der Waals surface area contributed by atoms with Crippen LogP contribution in [0.25, 0.3) is 10.9 Å². The highest BCUT2D eigenvalue weighted by molar-refractivity contribution is 5.97. The monoisotopic (exact) mass is 406 g/mol. The maximum Gasteiger partial charge on any atom is 0.271 e. The second kappa shape index (κ2) is 8.62. The van der Waals surface area contributed by atoms with Crippen LogP contribution in [0, 0.1) is 0 Å². The number of amides is 1. The van der Waals surface area contributed by atoms with Crippen LogP contribution in [-0.2, 0) is 6.42 Å². The van der Waals surface area contributed by atoms with Crippen LogP contribution in [0.4, 0.5) is 17.3 Å². The first-order valence-electron chi connectivity index (χ1n) is 10.3. The third-order valence-electron chi connectivity index (χ3n) is 5.44. The zero-order valence-electron chi connectivity index (χ0n) is 16.9. The lowest BCUT2D eigenvalue weighted by Crippen LogP contribution is -2.29. The van der Waals surface area contributed by atoms with Gasteiger partial charge in [0.15, 0.2) is 11.5 Å². The van der Waals surface area contributed by atoms with E-state index < -0.39 is 5.91 Å². The number of anilines is 3. The number of pyridine rings is 1. The Labute approximate surface area is 175 Å². The van der Waals surface area contributed by atoms with E-state index in [0.29, 0.717) is 23.8 Å². The Morgan fingerprint density at radius 2 is 1.97 bits per heavy atom. The lowest BCUT2D eigenvalue weighted by Gasteiger charge is -2.27. The second-order valence-corrected chi connectivity index (χ2v) is 7.62. The van der Waals surface area contributed by atoms with Gasteiger partial charge >= 0.3 is 0 Å². The highest BCUT2D eigenvalue weighted by Gasteiger charge is 2.23. The number of aliphatic hydroxyl groups excluding tert-OH is 1. The van der Waals surface area contributed by atoms with E-state index in [4.69, 9.17) is 5.73 Å². The zero-order valence-corrected chi connectivity index (χ0v) is 16.9. The minimum Gasteiger partial charge on any atom is -0.393 e. The largest absolute Gasteiger partial charge is 0.393 e. The van der Waals surface area contributed by atoms with E-state index in [9.17, 15) is 9.90 Å². The second-order valence-electron chi connectivity index (χ2n) is 7.62. The first-order chi connectivity index (χ1) is 14.5. The molecule has 4 rings (SSSR count). The van der Waals surface area contributed by atoms with Crippen molar-refractivity contribution in [3.05, 3.63) is 47.9 Å². The Kier molecular flexibility index (Phi) is 5.76. The topological polar surface area (TPSA) is 126 Å². The number of rotatable bonds is 6. The van der Waals surface area contributed by atoms with Gasteiger partial charge in [-0.3, -0.25) is 9.78 Å². The van der Waals surface area contributed by atoms with Crippen LogP contribution in [0.15, 0.2) is 36.5 Å². The van der Waals surface area contributed by atoms with Crippen LogP contribution in [0.3, 0.4) is 0 Å². The quantitative estimate of drug-likeness (QED) is 0.495. The minimum absolute atomic E-state index is 0.114. The number of hydrogen-bond acceptors (Lipinski definition) is 7. The summed E-state index contributed by atoms with van der Waals surface area (Å²) in [5.41, 5.74) is 8.05. The molecular formula is C22H26N6O2. The van der Waals surface area contributed by atoms with E-state index in [1.807, 2.05) is 37.3 Å². The fourth-order valence-corrected chi connectivity index (χ4v) is 3.79. The molecule has 0 atom stereocenters. The van der Waals surface area contributed by atoms with Gasteiger partial charge in [0.05, 0.1) is 17.3 Å². The molecular weight excluding hydrogens is 380 g/mol. The molecule has 30 heavy (non-hydrogen) atoms. The van der Waals surface area contributed by atoms with Gasteiger partial charge in [-0.25, -0.2) is 9.97 Å². The van der Waals surface area contributed by atoms with Crippen LogP contribution in [0.1, 0.15) is 48.8 Å². The molecule has 3 aromatic rings. The van der Waals surface area contributed by atoms with Gasteiger partial charge in [0, 0.05) is 23.3 Å². The molecule has 2 heterocycles. The Balaban J connectivity index is 1.66. The van der Waals surface area contributed by atoms with Crippen LogP contribution in [0.5, 0.6) is 0 Å². The maximum absolute atomic E-state index is 12.1. The highest BCUT2D eigenvalue weighted by atomic mass is 16.3. The molecule has 1 aromatic carbocycles. The molecule has 8 heteroatoms. The number of fused-ring (bicyclic) bond motifs is 1. The third kappa shape index (κ3) is 4.33. The molecule has 0 unspecified atom stereocenters. The molecule has 0 bridgehead atoms. The lowest BCUT2D eigenvalue weighted by atomic mass is 9.93. The summed E-state index contributed by atoms with van der Waals surface area (Å²) in [6, 6.07) is 9.79. The van der Waals surface area contributed by atoms with E-state index in [1.165, 1.54) is 0 Å². The summed E-state index contributed by atoms with van der Waals surface area (Å²) in [7, 11) is 0. The van der Waals surface area contributed by atoms with Gasteiger partial charge in [-0.2, -0.15) is 0 Å². The summed E-state index contributed by atoms with van der Waals surface area (Å²) in [5, 5.41) is 17.4. The fraction of sp³-hybridized carbons (Fsp3) is 0.364. The van der Waals surface area contributed by atoms with Crippen molar-refractivity contribution in [1.82, 2.24) is 15.0 Å². The molecule has 1 aliphatic rings.